The lowest BCUT2D eigenvalue weighted by molar-refractivity contribution is -0.137. The molecule has 12 heteroatoms. The molecule has 2 amide bonds. The molecule has 1 N–H and O–H groups in total. The van der Waals surface area contributed by atoms with Gasteiger partial charge in [0.15, 0.2) is 5.17 Å². The third-order valence-electron chi connectivity index (χ3n) is 4.70. The summed E-state index contributed by atoms with van der Waals surface area (Å²) in [7, 11) is 1.43. The van der Waals surface area contributed by atoms with Crippen LogP contribution in [0.4, 0.5) is 24.5 Å². The smallest absolute Gasteiger partial charge is 0.417 e. The average Bonchev–Trinajstić information content (AvgIpc) is 2.77. The monoisotopic (exact) mass is 513 g/mol. The topological polar surface area (TPSA) is 88.1 Å². The summed E-state index contributed by atoms with van der Waals surface area (Å²) in [6.07, 6.45) is -4.79. The lowest BCUT2D eigenvalue weighted by Gasteiger charge is -2.28. The zero-order valence-corrected chi connectivity index (χ0v) is 19.6. The molecule has 0 saturated carbocycles. The molecule has 1 heterocycles. The quantitative estimate of drug-likeness (QED) is 0.560. The maximum absolute atomic E-state index is 13.1. The number of thioether (sulfide) groups is 1. The van der Waals surface area contributed by atoms with E-state index in [1.807, 2.05) is 0 Å². The van der Waals surface area contributed by atoms with Crippen LogP contribution in [0.5, 0.6) is 0 Å². The summed E-state index contributed by atoms with van der Waals surface area (Å²) < 4.78 is 44.3. The van der Waals surface area contributed by atoms with E-state index in [0.717, 1.165) is 23.9 Å². The van der Waals surface area contributed by atoms with Gasteiger partial charge in [0.05, 0.1) is 28.4 Å². The van der Waals surface area contributed by atoms with Gasteiger partial charge in [0.2, 0.25) is 11.8 Å². The number of halogens is 4. The van der Waals surface area contributed by atoms with Gasteiger partial charge in [-0.25, -0.2) is 9.79 Å². The standard InChI is InChI=1S/C22H19ClF3N3O4S/c1-3-33-20(32)12-4-6-13(7-5-12)27-19(31)17-11-18(30)29(2)21(34-17)28-14-8-9-16(23)15(10-14)22(24,25)26/h4-10,17H,3,11H2,1-2H3,(H,27,31). The lowest BCUT2D eigenvalue weighted by atomic mass is 10.2. The number of amidine groups is 1. The highest BCUT2D eigenvalue weighted by atomic mass is 35.5. The highest BCUT2D eigenvalue weighted by molar-refractivity contribution is 8.15. The number of esters is 1. The van der Waals surface area contributed by atoms with E-state index >= 15 is 0 Å². The first-order valence-corrected chi connectivity index (χ1v) is 11.2. The van der Waals surface area contributed by atoms with Crippen LogP contribution >= 0.6 is 23.4 Å². The molecule has 0 spiro atoms. The van der Waals surface area contributed by atoms with E-state index in [1.165, 1.54) is 42.3 Å². The van der Waals surface area contributed by atoms with E-state index in [1.54, 1.807) is 6.92 Å². The van der Waals surface area contributed by atoms with Crippen molar-refractivity contribution in [2.24, 2.45) is 4.99 Å². The van der Waals surface area contributed by atoms with Gasteiger partial charge in [-0.05, 0) is 49.4 Å². The van der Waals surface area contributed by atoms with Gasteiger partial charge in [0.25, 0.3) is 0 Å². The highest BCUT2D eigenvalue weighted by Gasteiger charge is 2.35. The third-order valence-corrected chi connectivity index (χ3v) is 6.28. The fourth-order valence-corrected chi connectivity index (χ4v) is 4.22. The van der Waals surface area contributed by atoms with Gasteiger partial charge in [-0.1, -0.05) is 23.4 Å². The van der Waals surface area contributed by atoms with E-state index < -0.39 is 39.8 Å². The fourth-order valence-electron chi connectivity index (χ4n) is 2.94. The summed E-state index contributed by atoms with van der Waals surface area (Å²) in [6.45, 7) is 1.92. The number of aliphatic imine (C=N–C) groups is 1. The molecule has 0 aromatic heterocycles. The number of amides is 2. The molecular formula is C22H19ClF3N3O4S. The van der Waals surface area contributed by atoms with Crippen LogP contribution in [0.2, 0.25) is 5.02 Å². The van der Waals surface area contributed by atoms with Crippen molar-refractivity contribution < 1.29 is 32.3 Å². The normalized spacial score (nSPS) is 17.6. The number of rotatable bonds is 5. The Morgan fingerprint density at radius 2 is 1.91 bits per heavy atom. The first-order valence-electron chi connectivity index (χ1n) is 9.96. The number of hydrogen-bond acceptors (Lipinski definition) is 6. The van der Waals surface area contributed by atoms with Crippen molar-refractivity contribution in [2.45, 2.75) is 24.8 Å². The number of ether oxygens (including phenoxy) is 1. The molecule has 2 aromatic carbocycles. The maximum atomic E-state index is 13.1. The molecule has 0 bridgehead atoms. The lowest BCUT2D eigenvalue weighted by Crippen LogP contribution is -2.43. The Balaban J connectivity index is 1.77. The molecule has 1 atom stereocenters. The molecule has 0 aliphatic carbocycles. The van der Waals surface area contributed by atoms with E-state index in [2.05, 4.69) is 10.3 Å². The first-order chi connectivity index (χ1) is 16.0. The largest absolute Gasteiger partial charge is 0.462 e. The Morgan fingerprint density at radius 3 is 2.53 bits per heavy atom. The third kappa shape index (κ3) is 6.09. The molecule has 7 nitrogen and oxygen atoms in total. The molecule has 0 radical (unpaired) electrons. The van der Waals surface area contributed by atoms with Crippen molar-refractivity contribution in [3.05, 3.63) is 58.6 Å². The number of nitrogens with one attached hydrogen (secondary N) is 1. The number of benzene rings is 2. The van der Waals surface area contributed by atoms with Crippen LogP contribution in [0, 0.1) is 0 Å². The maximum Gasteiger partial charge on any atom is 0.417 e. The van der Waals surface area contributed by atoms with Gasteiger partial charge >= 0.3 is 12.1 Å². The van der Waals surface area contributed by atoms with Crippen LogP contribution in [0.25, 0.3) is 0 Å². The molecule has 3 rings (SSSR count). The van der Waals surface area contributed by atoms with E-state index in [4.69, 9.17) is 16.3 Å². The first kappa shape index (κ1) is 25.6. The molecule has 1 aliphatic rings. The Morgan fingerprint density at radius 1 is 1.24 bits per heavy atom. The SMILES string of the molecule is CCOC(=O)c1ccc(NC(=O)C2CC(=O)N(C)C(=Nc3ccc(Cl)c(C(F)(F)F)c3)S2)cc1. The van der Waals surface area contributed by atoms with Crippen LogP contribution in [0.15, 0.2) is 47.5 Å². The zero-order valence-electron chi connectivity index (χ0n) is 18.0. The molecule has 2 aromatic rings. The zero-order chi connectivity index (χ0) is 25.0. The Labute approximate surface area is 202 Å². The molecular weight excluding hydrogens is 495 g/mol. The van der Waals surface area contributed by atoms with Gasteiger partial charge in [-0.15, -0.1) is 0 Å². The molecule has 180 valence electrons. The van der Waals surface area contributed by atoms with Crippen LogP contribution in [0.3, 0.4) is 0 Å². The van der Waals surface area contributed by atoms with E-state index in [0.29, 0.717) is 11.3 Å². The van der Waals surface area contributed by atoms with Crippen molar-refractivity contribution >= 4 is 57.7 Å². The van der Waals surface area contributed by atoms with Crippen molar-refractivity contribution in [1.29, 1.82) is 0 Å². The van der Waals surface area contributed by atoms with Crippen molar-refractivity contribution in [1.82, 2.24) is 4.90 Å². The van der Waals surface area contributed by atoms with Gasteiger partial charge in [-0.2, -0.15) is 13.2 Å². The Hall–Kier alpha value is -3.05. The summed E-state index contributed by atoms with van der Waals surface area (Å²) >= 11 is 6.60. The summed E-state index contributed by atoms with van der Waals surface area (Å²) in [6, 6.07) is 9.17. The van der Waals surface area contributed by atoms with Crippen molar-refractivity contribution in [2.75, 3.05) is 19.0 Å². The summed E-state index contributed by atoms with van der Waals surface area (Å²) in [5.74, 6) is -1.40. The van der Waals surface area contributed by atoms with Gasteiger partial charge in [0.1, 0.15) is 5.25 Å². The van der Waals surface area contributed by atoms with Gasteiger partial charge in [0, 0.05) is 19.2 Å². The van der Waals surface area contributed by atoms with Gasteiger partial charge < -0.3 is 10.1 Å². The summed E-state index contributed by atoms with van der Waals surface area (Å²) in [4.78, 5) is 42.2. The predicted octanol–water partition coefficient (Wildman–Crippen LogP) is 5.13. The van der Waals surface area contributed by atoms with Crippen LogP contribution in [0.1, 0.15) is 29.3 Å². The second-order valence-corrected chi connectivity index (χ2v) is 8.68. The van der Waals surface area contributed by atoms with Crippen molar-refractivity contribution in [3.8, 4) is 0 Å². The fraction of sp³-hybridized carbons (Fsp3) is 0.273. The number of nitrogens with zero attached hydrogens (tertiary/aromatic N) is 2. The van der Waals surface area contributed by atoms with Crippen LogP contribution in [-0.4, -0.2) is 46.8 Å². The van der Waals surface area contributed by atoms with E-state index in [-0.39, 0.29) is 23.9 Å². The number of anilines is 1. The van der Waals surface area contributed by atoms with Crippen LogP contribution < -0.4 is 5.32 Å². The van der Waals surface area contributed by atoms with Gasteiger partial charge in [-0.3, -0.25) is 14.5 Å². The minimum absolute atomic E-state index is 0.0607. The molecule has 1 fully saturated rings. The second kappa shape index (κ2) is 10.5. The minimum atomic E-state index is -4.67. The van der Waals surface area contributed by atoms with Crippen molar-refractivity contribution in [3.63, 3.8) is 0 Å². The number of hydrogen-bond donors (Lipinski definition) is 1. The number of alkyl halides is 3. The molecule has 1 aliphatic heterocycles. The number of carbonyl (C=O) groups is 3. The molecule has 1 saturated heterocycles. The average molecular weight is 514 g/mol. The van der Waals surface area contributed by atoms with Crippen LogP contribution in [-0.2, 0) is 20.5 Å². The minimum Gasteiger partial charge on any atom is -0.462 e. The molecule has 34 heavy (non-hydrogen) atoms. The Bertz CT molecular complexity index is 1140. The summed E-state index contributed by atoms with van der Waals surface area (Å²) in [5.41, 5.74) is -0.392. The predicted molar refractivity (Wildman–Crippen MR) is 123 cm³/mol. The highest BCUT2D eigenvalue weighted by Crippen LogP contribution is 2.37. The Kier molecular flexibility index (Phi) is 7.88. The van der Waals surface area contributed by atoms with E-state index in [9.17, 15) is 27.6 Å². The second-order valence-electron chi connectivity index (χ2n) is 7.11. The summed E-state index contributed by atoms with van der Waals surface area (Å²) in [5, 5.41) is 1.41. The molecule has 1 unspecified atom stereocenters. The number of carbonyl (C=O) groups excluding carboxylic acids is 3.